The third-order valence-electron chi connectivity index (χ3n) is 1.96. The molecule has 0 aliphatic heterocycles. The van der Waals surface area contributed by atoms with Gasteiger partial charge in [-0.1, -0.05) is 13.8 Å². The Bertz CT molecular complexity index is 274. The molecule has 0 saturated heterocycles. The fourth-order valence-corrected chi connectivity index (χ4v) is 2.27. The second kappa shape index (κ2) is 6.04. The summed E-state index contributed by atoms with van der Waals surface area (Å²) in [6.07, 6.45) is 3.09. The highest BCUT2D eigenvalue weighted by molar-refractivity contribution is 7.99. The lowest BCUT2D eigenvalue weighted by molar-refractivity contribution is 0.632. The molecule has 0 aliphatic rings. The summed E-state index contributed by atoms with van der Waals surface area (Å²) >= 11 is 1.88. The van der Waals surface area contributed by atoms with Gasteiger partial charge < -0.3 is 5.73 Å². The van der Waals surface area contributed by atoms with Crippen molar-refractivity contribution in [1.29, 1.82) is 0 Å². The van der Waals surface area contributed by atoms with E-state index in [9.17, 15) is 0 Å². The van der Waals surface area contributed by atoms with Crippen molar-refractivity contribution in [2.24, 2.45) is 11.7 Å². The van der Waals surface area contributed by atoms with E-state index in [-0.39, 0.29) is 0 Å². The highest BCUT2D eigenvalue weighted by atomic mass is 32.2. The quantitative estimate of drug-likeness (QED) is 0.759. The van der Waals surface area contributed by atoms with Crippen molar-refractivity contribution in [3.63, 3.8) is 0 Å². The Morgan fingerprint density at radius 3 is 2.93 bits per heavy atom. The largest absolute Gasteiger partial charge is 0.325 e. The predicted octanol–water partition coefficient (Wildman–Crippen LogP) is 2.68. The van der Waals surface area contributed by atoms with Gasteiger partial charge in [0.15, 0.2) is 0 Å². The normalized spacial score (nSPS) is 10.9. The van der Waals surface area contributed by atoms with Gasteiger partial charge in [-0.3, -0.25) is 4.98 Å². The van der Waals surface area contributed by atoms with E-state index in [2.05, 4.69) is 24.9 Å². The molecule has 0 aromatic carbocycles. The molecule has 0 spiro atoms. The van der Waals surface area contributed by atoms with Crippen molar-refractivity contribution in [3.05, 3.63) is 24.0 Å². The Kier molecular flexibility index (Phi) is 4.98. The zero-order chi connectivity index (χ0) is 10.4. The van der Waals surface area contributed by atoms with Gasteiger partial charge in [-0.2, -0.15) is 0 Å². The van der Waals surface area contributed by atoms with Crippen LogP contribution in [0.15, 0.2) is 23.2 Å². The van der Waals surface area contributed by atoms with Crippen LogP contribution in [0.25, 0.3) is 0 Å². The number of nitrogens with zero attached hydrogens (tertiary/aromatic N) is 1. The number of pyridine rings is 1. The number of aromatic nitrogens is 1. The summed E-state index contributed by atoms with van der Waals surface area (Å²) in [6.45, 7) is 5.02. The van der Waals surface area contributed by atoms with Gasteiger partial charge in [-0.15, -0.1) is 11.8 Å². The van der Waals surface area contributed by atoms with Crippen molar-refractivity contribution in [2.75, 3.05) is 5.75 Å². The zero-order valence-corrected chi connectivity index (χ0v) is 9.68. The molecule has 0 unspecified atom stereocenters. The molecule has 14 heavy (non-hydrogen) atoms. The summed E-state index contributed by atoms with van der Waals surface area (Å²) in [4.78, 5) is 5.44. The van der Waals surface area contributed by atoms with Crippen LogP contribution in [-0.2, 0) is 6.54 Å². The van der Waals surface area contributed by atoms with E-state index < -0.39 is 0 Å². The van der Waals surface area contributed by atoms with Gasteiger partial charge >= 0.3 is 0 Å². The molecule has 0 saturated carbocycles. The molecule has 78 valence electrons. The third-order valence-corrected chi connectivity index (χ3v) is 2.99. The van der Waals surface area contributed by atoms with Crippen LogP contribution in [0.3, 0.4) is 0 Å². The number of hydrogen-bond donors (Lipinski definition) is 1. The summed E-state index contributed by atoms with van der Waals surface area (Å²) in [5.74, 6) is 1.95. The first-order chi connectivity index (χ1) is 6.72. The monoisotopic (exact) mass is 210 g/mol. The van der Waals surface area contributed by atoms with Crippen molar-refractivity contribution in [3.8, 4) is 0 Å². The zero-order valence-electron chi connectivity index (χ0n) is 8.86. The van der Waals surface area contributed by atoms with E-state index in [0.29, 0.717) is 6.54 Å². The minimum atomic E-state index is 0.526. The molecule has 1 rings (SSSR count). The molecule has 1 aromatic heterocycles. The van der Waals surface area contributed by atoms with Crippen LogP contribution < -0.4 is 5.73 Å². The highest BCUT2D eigenvalue weighted by Gasteiger charge is 1.98. The average molecular weight is 210 g/mol. The van der Waals surface area contributed by atoms with Crippen molar-refractivity contribution in [1.82, 2.24) is 4.98 Å². The number of rotatable bonds is 5. The summed E-state index contributed by atoms with van der Waals surface area (Å²) in [5.41, 5.74) is 6.50. The average Bonchev–Trinajstić information content (AvgIpc) is 2.18. The van der Waals surface area contributed by atoms with E-state index in [1.54, 1.807) is 0 Å². The van der Waals surface area contributed by atoms with Crippen molar-refractivity contribution < 1.29 is 0 Å². The predicted molar refractivity (Wildman–Crippen MR) is 62.3 cm³/mol. The third kappa shape index (κ3) is 4.11. The molecular weight excluding hydrogens is 192 g/mol. The highest BCUT2D eigenvalue weighted by Crippen LogP contribution is 2.20. The van der Waals surface area contributed by atoms with Crippen LogP contribution in [0.2, 0.25) is 0 Å². The number of hydrogen-bond acceptors (Lipinski definition) is 3. The Labute approximate surface area is 90.3 Å². The second-order valence-corrected chi connectivity index (χ2v) is 4.89. The molecule has 1 aromatic rings. The van der Waals surface area contributed by atoms with Gasteiger partial charge in [0.2, 0.25) is 0 Å². The smallest absolute Gasteiger partial charge is 0.0550 e. The summed E-state index contributed by atoms with van der Waals surface area (Å²) in [7, 11) is 0. The lowest BCUT2D eigenvalue weighted by atomic mass is 10.2. The first kappa shape index (κ1) is 11.5. The molecular formula is C11H18N2S. The summed E-state index contributed by atoms with van der Waals surface area (Å²) in [6, 6.07) is 4.12. The lowest BCUT2D eigenvalue weighted by Gasteiger charge is -2.05. The summed E-state index contributed by atoms with van der Waals surface area (Å²) in [5, 5.41) is 0. The molecule has 0 bridgehead atoms. The van der Waals surface area contributed by atoms with Crippen molar-refractivity contribution in [2.45, 2.75) is 31.7 Å². The van der Waals surface area contributed by atoms with Crippen LogP contribution >= 0.6 is 11.8 Å². The summed E-state index contributed by atoms with van der Waals surface area (Å²) < 4.78 is 0. The first-order valence-corrected chi connectivity index (χ1v) is 5.98. The van der Waals surface area contributed by atoms with Crippen LogP contribution in [-0.4, -0.2) is 10.7 Å². The van der Waals surface area contributed by atoms with E-state index in [4.69, 9.17) is 5.73 Å². The molecule has 0 aliphatic carbocycles. The minimum Gasteiger partial charge on any atom is -0.325 e. The Hall–Kier alpha value is -0.540. The maximum Gasteiger partial charge on any atom is 0.0550 e. The van der Waals surface area contributed by atoms with E-state index in [1.165, 1.54) is 17.1 Å². The van der Waals surface area contributed by atoms with Gasteiger partial charge in [-0.25, -0.2) is 0 Å². The molecule has 2 N–H and O–H groups in total. The molecule has 0 amide bonds. The van der Waals surface area contributed by atoms with Crippen LogP contribution in [0.1, 0.15) is 26.0 Å². The molecule has 0 fully saturated rings. The fraction of sp³-hybridized carbons (Fsp3) is 0.545. The fourth-order valence-electron chi connectivity index (χ4n) is 1.07. The molecule has 0 radical (unpaired) electrons. The molecule has 1 heterocycles. The Balaban J connectivity index is 2.42. The van der Waals surface area contributed by atoms with E-state index in [1.807, 2.05) is 24.0 Å². The van der Waals surface area contributed by atoms with Gasteiger partial charge in [0, 0.05) is 17.6 Å². The minimum absolute atomic E-state index is 0.526. The Morgan fingerprint density at radius 2 is 2.29 bits per heavy atom. The molecule has 2 nitrogen and oxygen atoms in total. The van der Waals surface area contributed by atoms with Crippen LogP contribution in [0.5, 0.6) is 0 Å². The maximum absolute atomic E-state index is 5.52. The SMILES string of the molecule is CC(C)CCSc1ccnc(CN)c1. The first-order valence-electron chi connectivity index (χ1n) is 5.00. The topological polar surface area (TPSA) is 38.9 Å². The molecule has 3 heteroatoms. The lowest BCUT2D eigenvalue weighted by Crippen LogP contribution is -1.99. The van der Waals surface area contributed by atoms with Crippen LogP contribution in [0, 0.1) is 5.92 Å². The Morgan fingerprint density at radius 1 is 1.50 bits per heavy atom. The second-order valence-electron chi connectivity index (χ2n) is 3.72. The van der Waals surface area contributed by atoms with Gasteiger partial charge in [0.05, 0.1) is 5.69 Å². The van der Waals surface area contributed by atoms with Crippen LogP contribution in [0.4, 0.5) is 0 Å². The maximum atomic E-state index is 5.52. The van der Waals surface area contributed by atoms with Gasteiger partial charge in [0.1, 0.15) is 0 Å². The molecule has 0 atom stereocenters. The standard InChI is InChI=1S/C11H18N2S/c1-9(2)4-6-14-11-3-5-13-10(7-11)8-12/h3,5,7,9H,4,6,8,12H2,1-2H3. The van der Waals surface area contributed by atoms with E-state index >= 15 is 0 Å². The van der Waals surface area contributed by atoms with E-state index in [0.717, 1.165) is 11.6 Å². The number of thioether (sulfide) groups is 1. The number of nitrogens with two attached hydrogens (primary N) is 1. The van der Waals surface area contributed by atoms with Gasteiger partial charge in [-0.05, 0) is 30.2 Å². The van der Waals surface area contributed by atoms with Crippen molar-refractivity contribution >= 4 is 11.8 Å². The van der Waals surface area contributed by atoms with Gasteiger partial charge in [0.25, 0.3) is 0 Å².